The van der Waals surface area contributed by atoms with Gasteiger partial charge in [-0.05, 0) is 89.0 Å². The lowest BCUT2D eigenvalue weighted by molar-refractivity contribution is -0.112. The normalized spacial score (nSPS) is 11.1. The minimum absolute atomic E-state index is 0.0201. The number of aryl methyl sites for hydroxylation is 1. The molecule has 6 heteroatoms. The largest absolute Gasteiger partial charge is 0.494 e. The van der Waals surface area contributed by atoms with Gasteiger partial charge in [-0.2, -0.15) is 5.26 Å². The quantitative estimate of drug-likeness (QED) is 0.179. The Labute approximate surface area is 213 Å². The van der Waals surface area contributed by atoms with Crippen molar-refractivity contribution in [3.63, 3.8) is 0 Å². The van der Waals surface area contributed by atoms with Crippen LogP contribution in [0.25, 0.3) is 6.08 Å². The molecule has 168 valence electrons. The number of rotatable bonds is 8. The van der Waals surface area contributed by atoms with Crippen molar-refractivity contribution in [2.45, 2.75) is 26.7 Å². The Morgan fingerprint density at radius 2 is 1.88 bits per heavy atom. The lowest BCUT2D eigenvalue weighted by Gasteiger charge is -2.15. The number of ether oxygens (including phenoxy) is 1. The lowest BCUT2D eigenvalue weighted by atomic mass is 10.0. The summed E-state index contributed by atoms with van der Waals surface area (Å²) in [5.41, 5.74) is 4.59. The summed E-state index contributed by atoms with van der Waals surface area (Å²) >= 11 is 8.62. The third kappa shape index (κ3) is 6.59. The molecule has 0 saturated carbocycles. The third-order valence-corrected chi connectivity index (χ3v) is 6.43. The molecule has 0 spiro atoms. The molecule has 1 amide bonds. The maximum absolute atomic E-state index is 12.7. The molecule has 33 heavy (non-hydrogen) atoms. The maximum Gasteiger partial charge on any atom is 0.266 e. The number of hydrogen-bond donors (Lipinski definition) is 1. The molecule has 0 radical (unpaired) electrons. The van der Waals surface area contributed by atoms with Crippen molar-refractivity contribution in [3.8, 4) is 11.8 Å². The number of anilines is 1. The van der Waals surface area contributed by atoms with Crippen LogP contribution >= 0.6 is 34.2 Å². The van der Waals surface area contributed by atoms with Crippen molar-refractivity contribution >= 4 is 51.9 Å². The fraction of sp³-hybridized carbons (Fsp3) is 0.185. The topological polar surface area (TPSA) is 62.1 Å². The zero-order chi connectivity index (χ0) is 23.8. The number of nitrogens with one attached hydrogen (secondary N) is 1. The van der Waals surface area contributed by atoms with Crippen LogP contribution in [0.15, 0.2) is 66.2 Å². The summed E-state index contributed by atoms with van der Waals surface area (Å²) in [6, 6.07) is 21.1. The first-order valence-electron chi connectivity index (χ1n) is 10.7. The molecule has 4 nitrogen and oxygen atoms in total. The molecule has 0 aromatic heterocycles. The summed E-state index contributed by atoms with van der Waals surface area (Å²) < 4.78 is 6.87. The molecule has 3 aromatic rings. The molecule has 0 heterocycles. The van der Waals surface area contributed by atoms with Crippen LogP contribution in [0.1, 0.15) is 36.1 Å². The Hall–Kier alpha value is -2.82. The molecule has 0 saturated heterocycles. The zero-order valence-corrected chi connectivity index (χ0v) is 21.4. The maximum atomic E-state index is 12.7. The molecule has 0 bridgehead atoms. The molecule has 3 rings (SSSR count). The van der Waals surface area contributed by atoms with Crippen molar-refractivity contribution in [1.29, 1.82) is 5.26 Å². The minimum atomic E-state index is -0.449. The molecule has 0 unspecified atom stereocenters. The van der Waals surface area contributed by atoms with E-state index in [4.69, 9.17) is 16.3 Å². The van der Waals surface area contributed by atoms with Gasteiger partial charge in [-0.3, -0.25) is 4.79 Å². The van der Waals surface area contributed by atoms with Crippen LogP contribution < -0.4 is 10.1 Å². The highest BCUT2D eigenvalue weighted by Gasteiger charge is 2.15. The summed E-state index contributed by atoms with van der Waals surface area (Å²) in [6.07, 6.45) is 3.13. The first-order valence-corrected chi connectivity index (χ1v) is 12.1. The number of amides is 1. The van der Waals surface area contributed by atoms with Gasteiger partial charge in [0.25, 0.3) is 5.91 Å². The summed E-state index contributed by atoms with van der Waals surface area (Å²) in [5, 5.41) is 13.1. The number of nitrogens with zero attached hydrogens (tertiary/aromatic N) is 1. The average Bonchev–Trinajstić information content (AvgIpc) is 2.81. The Kier molecular flexibility index (Phi) is 8.93. The van der Waals surface area contributed by atoms with Crippen molar-refractivity contribution in [3.05, 3.63) is 97.1 Å². The van der Waals surface area contributed by atoms with Gasteiger partial charge in [0.15, 0.2) is 0 Å². The molecule has 0 aliphatic carbocycles. The van der Waals surface area contributed by atoms with Gasteiger partial charge in [0.05, 0.1) is 6.61 Å². The van der Waals surface area contributed by atoms with Crippen LogP contribution in [0.5, 0.6) is 5.75 Å². The van der Waals surface area contributed by atoms with Gasteiger partial charge in [-0.1, -0.05) is 48.9 Å². The number of carbonyl (C=O) groups excluding carboxylic acids is 1. The molecule has 0 aliphatic heterocycles. The monoisotopic (exact) mass is 570 g/mol. The first-order chi connectivity index (χ1) is 15.9. The van der Waals surface area contributed by atoms with E-state index in [9.17, 15) is 10.1 Å². The third-order valence-electron chi connectivity index (χ3n) is 5.10. The lowest BCUT2D eigenvalue weighted by Crippen LogP contribution is -2.13. The van der Waals surface area contributed by atoms with Gasteiger partial charge >= 0.3 is 0 Å². The second-order valence-electron chi connectivity index (χ2n) is 7.36. The van der Waals surface area contributed by atoms with E-state index in [0.29, 0.717) is 29.5 Å². The predicted octanol–water partition coefficient (Wildman–Crippen LogP) is 7.04. The number of benzene rings is 3. The van der Waals surface area contributed by atoms with E-state index in [0.717, 1.165) is 26.7 Å². The molecule has 3 aromatic carbocycles. The van der Waals surface area contributed by atoms with Crippen LogP contribution in [-0.2, 0) is 17.6 Å². The first kappa shape index (κ1) is 24.8. The van der Waals surface area contributed by atoms with E-state index in [1.165, 1.54) is 5.56 Å². The number of hydrogen-bond acceptors (Lipinski definition) is 3. The SMILES string of the molecule is CCOc1cc(/C=C(\C#N)C(=O)Nc2ccc(CC)cc2)cc(I)c1Cc1ccccc1Cl. The summed E-state index contributed by atoms with van der Waals surface area (Å²) in [5.74, 6) is 0.262. The van der Waals surface area contributed by atoms with Crippen LogP contribution in [0.2, 0.25) is 5.02 Å². The van der Waals surface area contributed by atoms with Gasteiger partial charge in [0, 0.05) is 26.3 Å². The fourth-order valence-corrected chi connectivity index (χ4v) is 4.36. The fourth-order valence-electron chi connectivity index (χ4n) is 3.34. The number of nitriles is 1. The van der Waals surface area contributed by atoms with Gasteiger partial charge in [-0.15, -0.1) is 0 Å². The molecule has 0 fully saturated rings. The minimum Gasteiger partial charge on any atom is -0.494 e. The standard InChI is InChI=1S/C27H24ClIN2O2/c1-3-18-9-11-22(12-10-18)31-27(32)21(17-30)13-19-14-25(29)23(26(15-19)33-4-2)16-20-7-5-6-8-24(20)28/h5-15H,3-4,16H2,1-2H3,(H,31,32)/b21-13+. The number of carbonyl (C=O) groups is 1. The zero-order valence-electron chi connectivity index (χ0n) is 18.5. The molecular weight excluding hydrogens is 547 g/mol. The molecular formula is C27H24ClIN2O2. The Morgan fingerprint density at radius 3 is 2.52 bits per heavy atom. The summed E-state index contributed by atoms with van der Waals surface area (Å²) in [7, 11) is 0. The van der Waals surface area contributed by atoms with Crippen LogP contribution in [0.4, 0.5) is 5.69 Å². The van der Waals surface area contributed by atoms with Gasteiger partial charge in [-0.25, -0.2) is 0 Å². The van der Waals surface area contributed by atoms with Crippen LogP contribution in [0, 0.1) is 14.9 Å². The van der Waals surface area contributed by atoms with E-state index in [1.54, 1.807) is 6.08 Å². The van der Waals surface area contributed by atoms with Crippen molar-refractivity contribution in [1.82, 2.24) is 0 Å². The Balaban J connectivity index is 1.89. The van der Waals surface area contributed by atoms with Gasteiger partial charge < -0.3 is 10.1 Å². The van der Waals surface area contributed by atoms with E-state index in [2.05, 4.69) is 34.8 Å². The second-order valence-corrected chi connectivity index (χ2v) is 8.92. The van der Waals surface area contributed by atoms with E-state index < -0.39 is 5.91 Å². The molecule has 0 atom stereocenters. The van der Waals surface area contributed by atoms with Crippen LogP contribution in [0.3, 0.4) is 0 Å². The van der Waals surface area contributed by atoms with E-state index in [-0.39, 0.29) is 5.57 Å². The highest BCUT2D eigenvalue weighted by Crippen LogP contribution is 2.31. The predicted molar refractivity (Wildman–Crippen MR) is 143 cm³/mol. The highest BCUT2D eigenvalue weighted by atomic mass is 127. The van der Waals surface area contributed by atoms with Gasteiger partial charge in [0.2, 0.25) is 0 Å². The summed E-state index contributed by atoms with van der Waals surface area (Å²) in [6.45, 7) is 4.49. The van der Waals surface area contributed by atoms with E-state index in [1.807, 2.05) is 73.7 Å². The van der Waals surface area contributed by atoms with Gasteiger partial charge in [0.1, 0.15) is 17.4 Å². The molecule has 1 N–H and O–H groups in total. The summed E-state index contributed by atoms with van der Waals surface area (Å²) in [4.78, 5) is 12.7. The smallest absolute Gasteiger partial charge is 0.266 e. The van der Waals surface area contributed by atoms with Crippen molar-refractivity contribution in [2.75, 3.05) is 11.9 Å². The second kappa shape index (κ2) is 11.9. The number of halogens is 2. The van der Waals surface area contributed by atoms with Crippen molar-refractivity contribution < 1.29 is 9.53 Å². The molecule has 0 aliphatic rings. The van der Waals surface area contributed by atoms with E-state index >= 15 is 0 Å². The average molecular weight is 571 g/mol. The Bertz CT molecular complexity index is 1210. The highest BCUT2D eigenvalue weighted by molar-refractivity contribution is 14.1. The van der Waals surface area contributed by atoms with Crippen molar-refractivity contribution in [2.24, 2.45) is 0 Å². The van der Waals surface area contributed by atoms with Crippen LogP contribution in [-0.4, -0.2) is 12.5 Å². The Morgan fingerprint density at radius 1 is 1.15 bits per heavy atom.